The minimum absolute atomic E-state index is 0.0444. The Morgan fingerprint density at radius 2 is 1.63 bits per heavy atom. The van der Waals surface area contributed by atoms with Gasteiger partial charge in [0, 0.05) is 12.1 Å². The molecular weight excluding hydrogens is 454 g/mol. The van der Waals surface area contributed by atoms with E-state index in [-0.39, 0.29) is 23.7 Å². The van der Waals surface area contributed by atoms with Gasteiger partial charge in [-0.15, -0.1) is 0 Å². The fraction of sp³-hybridized carbons (Fsp3) is 0.250. The molecule has 3 rings (SSSR count). The number of hydrogen-bond acceptors (Lipinski definition) is 9. The second-order valence-corrected chi connectivity index (χ2v) is 7.18. The number of nitrogens with zero attached hydrogens (tertiary/aromatic N) is 2. The van der Waals surface area contributed by atoms with E-state index in [9.17, 15) is 9.59 Å². The molecule has 3 aromatic rings. The van der Waals surface area contributed by atoms with Gasteiger partial charge in [0.05, 0.1) is 49.6 Å². The molecule has 0 atom stereocenters. The number of rotatable bonds is 13. The Morgan fingerprint density at radius 1 is 0.943 bits per heavy atom. The molecule has 1 aromatic heterocycles. The number of para-hydroxylation sites is 2. The fourth-order valence-corrected chi connectivity index (χ4v) is 2.98. The highest BCUT2D eigenvalue weighted by Crippen LogP contribution is 2.25. The van der Waals surface area contributed by atoms with Crippen LogP contribution in [-0.4, -0.2) is 66.5 Å². The second-order valence-electron chi connectivity index (χ2n) is 7.18. The summed E-state index contributed by atoms with van der Waals surface area (Å²) in [6, 6.07) is 13.0. The Balaban J connectivity index is 1.63. The lowest BCUT2D eigenvalue weighted by Crippen LogP contribution is -2.18. The molecule has 184 valence electrons. The van der Waals surface area contributed by atoms with Gasteiger partial charge in [-0.2, -0.15) is 0 Å². The molecule has 1 amide bonds. The minimum Gasteiger partial charge on any atom is -0.489 e. The predicted octanol–water partition coefficient (Wildman–Crippen LogP) is 2.05. The average Bonchev–Trinajstić information content (AvgIpc) is 2.87. The molecule has 0 aliphatic heterocycles. The van der Waals surface area contributed by atoms with Crippen molar-refractivity contribution in [2.45, 2.75) is 0 Å². The Labute approximate surface area is 202 Å². The number of aromatic nitrogens is 2. The molecule has 35 heavy (non-hydrogen) atoms. The number of carboxylic acids is 1. The number of hydrogen-bond donors (Lipinski definition) is 4. The molecule has 0 aliphatic carbocycles. The molecule has 0 saturated heterocycles. The van der Waals surface area contributed by atoms with Crippen molar-refractivity contribution in [3.8, 4) is 17.0 Å². The summed E-state index contributed by atoms with van der Waals surface area (Å²) in [5.74, 6) is -1.19. The molecular formula is C24H27N5O6. The highest BCUT2D eigenvalue weighted by molar-refractivity contribution is 6.06. The van der Waals surface area contributed by atoms with E-state index in [1.165, 1.54) is 18.3 Å². The standard InChI is InChI=1S/C24H27N5O6/c25-9-10-33-11-12-34-13-14-35-20-4-2-1-3-18(20)29-23(30)21-22(26)27-15-19(28-21)16-5-7-17(8-6-16)24(31)32/h1-8,15H,9-14,25H2,(H2,26,27)(H,29,30)(H,31,32). The van der Waals surface area contributed by atoms with E-state index < -0.39 is 11.9 Å². The van der Waals surface area contributed by atoms with Crippen LogP contribution in [0.15, 0.2) is 54.7 Å². The van der Waals surface area contributed by atoms with E-state index in [0.29, 0.717) is 55.7 Å². The molecule has 11 nitrogen and oxygen atoms in total. The first-order chi connectivity index (χ1) is 17.0. The van der Waals surface area contributed by atoms with Crippen LogP contribution in [0, 0.1) is 0 Å². The van der Waals surface area contributed by atoms with Crippen LogP contribution >= 0.6 is 0 Å². The summed E-state index contributed by atoms with van der Waals surface area (Å²) in [6.45, 7) is 2.45. The quantitative estimate of drug-likeness (QED) is 0.265. The lowest BCUT2D eigenvalue weighted by molar-refractivity contribution is 0.0389. The zero-order chi connectivity index (χ0) is 25.0. The highest BCUT2D eigenvalue weighted by atomic mass is 16.5. The van der Waals surface area contributed by atoms with E-state index in [1.54, 1.807) is 36.4 Å². The third-order valence-corrected chi connectivity index (χ3v) is 4.70. The van der Waals surface area contributed by atoms with E-state index >= 15 is 0 Å². The first-order valence-electron chi connectivity index (χ1n) is 10.8. The van der Waals surface area contributed by atoms with Crippen molar-refractivity contribution in [2.75, 3.05) is 50.6 Å². The molecule has 0 fully saturated rings. The van der Waals surface area contributed by atoms with Crippen LogP contribution in [0.5, 0.6) is 5.75 Å². The normalized spacial score (nSPS) is 10.7. The van der Waals surface area contributed by atoms with Crippen LogP contribution in [0.2, 0.25) is 0 Å². The lowest BCUT2D eigenvalue weighted by atomic mass is 10.1. The summed E-state index contributed by atoms with van der Waals surface area (Å²) < 4.78 is 16.4. The predicted molar refractivity (Wildman–Crippen MR) is 129 cm³/mol. The molecule has 1 heterocycles. The number of nitrogens with two attached hydrogens (primary N) is 2. The van der Waals surface area contributed by atoms with Gasteiger partial charge in [0.2, 0.25) is 0 Å². The summed E-state index contributed by atoms with van der Waals surface area (Å²) in [4.78, 5) is 32.4. The van der Waals surface area contributed by atoms with Gasteiger partial charge >= 0.3 is 5.97 Å². The first kappa shape index (κ1) is 25.6. The zero-order valence-electron chi connectivity index (χ0n) is 19.0. The van der Waals surface area contributed by atoms with Crippen molar-refractivity contribution in [2.24, 2.45) is 5.73 Å². The summed E-state index contributed by atoms with van der Waals surface area (Å²) in [7, 11) is 0. The topological polar surface area (TPSA) is 172 Å². The van der Waals surface area contributed by atoms with Gasteiger partial charge in [0.1, 0.15) is 12.4 Å². The molecule has 0 unspecified atom stereocenters. The number of amides is 1. The van der Waals surface area contributed by atoms with E-state index in [1.807, 2.05) is 0 Å². The lowest BCUT2D eigenvalue weighted by Gasteiger charge is -2.13. The zero-order valence-corrected chi connectivity index (χ0v) is 19.0. The number of ether oxygens (including phenoxy) is 3. The molecule has 6 N–H and O–H groups in total. The fourth-order valence-electron chi connectivity index (χ4n) is 2.98. The van der Waals surface area contributed by atoms with E-state index in [4.69, 9.17) is 30.8 Å². The number of carbonyl (C=O) groups excluding carboxylic acids is 1. The maximum absolute atomic E-state index is 12.9. The van der Waals surface area contributed by atoms with Gasteiger partial charge in [-0.05, 0) is 24.3 Å². The van der Waals surface area contributed by atoms with Crippen LogP contribution in [0.25, 0.3) is 11.3 Å². The summed E-state index contributed by atoms with van der Waals surface area (Å²) in [6.07, 6.45) is 1.42. The Bertz CT molecular complexity index is 1140. The highest BCUT2D eigenvalue weighted by Gasteiger charge is 2.17. The maximum Gasteiger partial charge on any atom is 0.335 e. The van der Waals surface area contributed by atoms with E-state index in [0.717, 1.165) is 0 Å². The number of anilines is 2. The molecule has 0 radical (unpaired) electrons. The third-order valence-electron chi connectivity index (χ3n) is 4.70. The second kappa shape index (κ2) is 13.0. The van der Waals surface area contributed by atoms with Gasteiger partial charge in [-0.25, -0.2) is 14.8 Å². The SMILES string of the molecule is NCCOCCOCCOc1ccccc1NC(=O)c1nc(-c2ccc(C(=O)O)cc2)cnc1N. The molecule has 0 bridgehead atoms. The first-order valence-corrected chi connectivity index (χ1v) is 10.8. The van der Waals surface area contributed by atoms with Crippen LogP contribution in [0.3, 0.4) is 0 Å². The molecule has 2 aromatic carbocycles. The Morgan fingerprint density at radius 3 is 2.34 bits per heavy atom. The Hall–Kier alpha value is -4.06. The van der Waals surface area contributed by atoms with Crippen molar-refractivity contribution in [3.63, 3.8) is 0 Å². The number of aromatic carboxylic acids is 1. The molecule has 0 spiro atoms. The van der Waals surface area contributed by atoms with Gasteiger partial charge in [-0.3, -0.25) is 4.79 Å². The summed E-state index contributed by atoms with van der Waals surface area (Å²) in [5.41, 5.74) is 12.7. The number of benzene rings is 2. The maximum atomic E-state index is 12.9. The van der Waals surface area contributed by atoms with Crippen LogP contribution in [-0.2, 0) is 9.47 Å². The third kappa shape index (κ3) is 7.47. The average molecular weight is 482 g/mol. The number of carboxylic acid groups (broad SMARTS) is 1. The molecule has 11 heteroatoms. The van der Waals surface area contributed by atoms with Gasteiger partial charge in [0.25, 0.3) is 5.91 Å². The smallest absolute Gasteiger partial charge is 0.335 e. The van der Waals surface area contributed by atoms with Crippen molar-refractivity contribution in [1.82, 2.24) is 9.97 Å². The number of carbonyl (C=O) groups is 2. The van der Waals surface area contributed by atoms with E-state index in [2.05, 4.69) is 15.3 Å². The van der Waals surface area contributed by atoms with Crippen molar-refractivity contribution < 1.29 is 28.9 Å². The molecule has 0 aliphatic rings. The van der Waals surface area contributed by atoms with Crippen LogP contribution in [0.4, 0.5) is 11.5 Å². The number of nitrogens with one attached hydrogen (secondary N) is 1. The van der Waals surface area contributed by atoms with Crippen LogP contribution in [0.1, 0.15) is 20.8 Å². The summed E-state index contributed by atoms with van der Waals surface area (Å²) in [5, 5.41) is 11.8. The largest absolute Gasteiger partial charge is 0.489 e. The van der Waals surface area contributed by atoms with Crippen molar-refractivity contribution in [1.29, 1.82) is 0 Å². The summed E-state index contributed by atoms with van der Waals surface area (Å²) >= 11 is 0. The van der Waals surface area contributed by atoms with Crippen molar-refractivity contribution >= 4 is 23.4 Å². The number of nitrogen functional groups attached to an aromatic ring is 1. The Kier molecular flexibility index (Phi) is 9.49. The van der Waals surface area contributed by atoms with Gasteiger partial charge in [0.15, 0.2) is 11.5 Å². The van der Waals surface area contributed by atoms with Crippen molar-refractivity contribution in [3.05, 3.63) is 66.0 Å². The minimum atomic E-state index is -1.04. The monoisotopic (exact) mass is 481 g/mol. The van der Waals surface area contributed by atoms with Gasteiger partial charge < -0.3 is 36.1 Å². The molecule has 0 saturated carbocycles. The van der Waals surface area contributed by atoms with Gasteiger partial charge in [-0.1, -0.05) is 24.3 Å². The van der Waals surface area contributed by atoms with Crippen LogP contribution < -0.4 is 21.5 Å².